The van der Waals surface area contributed by atoms with Gasteiger partial charge < -0.3 is 9.84 Å². The molecular weight excluding hydrogens is 180 g/mol. The Hall–Kier alpha value is -0.570. The average Bonchev–Trinajstić information content (AvgIpc) is 2.03. The number of ether oxygens (including phenoxy) is 1. The first-order valence-electron chi connectivity index (χ1n) is 5.19. The summed E-state index contributed by atoms with van der Waals surface area (Å²) in [5.41, 5.74) is -0.816. The Bertz CT molecular complexity index is 231. The maximum atomic E-state index is 11.2. The molecule has 3 heteroatoms. The van der Waals surface area contributed by atoms with Gasteiger partial charge in [0.15, 0.2) is 0 Å². The number of rotatable bonds is 3. The second-order valence-corrected chi connectivity index (χ2v) is 4.94. The van der Waals surface area contributed by atoms with Crippen molar-refractivity contribution in [1.82, 2.24) is 0 Å². The molecule has 0 spiro atoms. The number of aliphatic hydroxyl groups is 1. The van der Waals surface area contributed by atoms with Crippen LogP contribution in [0.2, 0.25) is 0 Å². The third-order valence-electron chi connectivity index (χ3n) is 3.64. The van der Waals surface area contributed by atoms with E-state index in [2.05, 4.69) is 0 Å². The maximum absolute atomic E-state index is 11.2. The zero-order valence-electron chi connectivity index (χ0n) is 9.46. The lowest BCUT2D eigenvalue weighted by atomic mass is 9.52. The summed E-state index contributed by atoms with van der Waals surface area (Å²) in [5.74, 6) is -0.148. The van der Waals surface area contributed by atoms with Gasteiger partial charge in [0.25, 0.3) is 0 Å². The normalized spacial score (nSPS) is 34.8. The zero-order chi connectivity index (χ0) is 11.0. The lowest BCUT2D eigenvalue weighted by Gasteiger charge is -2.56. The summed E-state index contributed by atoms with van der Waals surface area (Å²) in [4.78, 5) is 11.2. The van der Waals surface area contributed by atoms with Gasteiger partial charge in [0.05, 0.1) is 18.6 Å². The zero-order valence-corrected chi connectivity index (χ0v) is 9.46. The fourth-order valence-corrected chi connectivity index (χ4v) is 2.13. The Balaban J connectivity index is 2.47. The molecule has 1 fully saturated rings. The molecule has 1 N–H and O–H groups in total. The van der Waals surface area contributed by atoms with E-state index in [1.54, 1.807) is 13.8 Å². The first-order valence-corrected chi connectivity index (χ1v) is 5.19. The molecule has 0 aromatic rings. The van der Waals surface area contributed by atoms with Gasteiger partial charge in [0.2, 0.25) is 0 Å². The van der Waals surface area contributed by atoms with Crippen LogP contribution in [-0.4, -0.2) is 23.3 Å². The van der Waals surface area contributed by atoms with Gasteiger partial charge in [-0.2, -0.15) is 0 Å². The average molecular weight is 200 g/mol. The highest BCUT2D eigenvalue weighted by Gasteiger charge is 2.56. The highest BCUT2D eigenvalue weighted by atomic mass is 16.5. The van der Waals surface area contributed by atoms with Crippen molar-refractivity contribution in [2.24, 2.45) is 11.3 Å². The lowest BCUT2D eigenvalue weighted by molar-refractivity contribution is -0.196. The summed E-state index contributed by atoms with van der Waals surface area (Å²) in [6.45, 7) is 8.06. The molecule has 0 radical (unpaired) electrons. The first-order chi connectivity index (χ1) is 6.31. The van der Waals surface area contributed by atoms with E-state index < -0.39 is 5.60 Å². The summed E-state index contributed by atoms with van der Waals surface area (Å²) in [5, 5.41) is 10.1. The van der Waals surface area contributed by atoms with Crippen molar-refractivity contribution in [2.45, 2.75) is 46.1 Å². The van der Waals surface area contributed by atoms with Crippen LogP contribution in [0.5, 0.6) is 0 Å². The number of hydrogen-bond acceptors (Lipinski definition) is 3. The van der Waals surface area contributed by atoms with E-state index in [0.717, 1.165) is 6.42 Å². The minimum Gasteiger partial charge on any atom is -0.466 e. The van der Waals surface area contributed by atoms with Crippen LogP contribution in [0, 0.1) is 11.3 Å². The number of carbonyl (C=O) groups is 1. The lowest BCUT2D eigenvalue weighted by Crippen LogP contribution is -2.59. The van der Waals surface area contributed by atoms with Gasteiger partial charge in [-0.25, -0.2) is 0 Å². The Morgan fingerprint density at radius 1 is 1.50 bits per heavy atom. The molecule has 3 nitrogen and oxygen atoms in total. The van der Waals surface area contributed by atoms with E-state index >= 15 is 0 Å². The summed E-state index contributed by atoms with van der Waals surface area (Å²) < 4.78 is 4.86. The molecule has 0 heterocycles. The minimum absolute atomic E-state index is 0.0524. The molecule has 1 saturated carbocycles. The molecule has 0 bridgehead atoms. The molecule has 0 aliphatic heterocycles. The largest absolute Gasteiger partial charge is 0.466 e. The predicted molar refractivity (Wildman–Crippen MR) is 53.8 cm³/mol. The van der Waals surface area contributed by atoms with Crippen molar-refractivity contribution >= 4 is 5.97 Å². The quantitative estimate of drug-likeness (QED) is 0.706. The third kappa shape index (κ3) is 1.78. The monoisotopic (exact) mass is 200 g/mol. The number of hydrogen-bond donors (Lipinski definition) is 1. The first kappa shape index (κ1) is 11.5. The topological polar surface area (TPSA) is 46.5 Å². The van der Waals surface area contributed by atoms with Gasteiger partial charge in [-0.05, 0) is 31.6 Å². The smallest absolute Gasteiger partial charge is 0.306 e. The molecule has 0 aromatic heterocycles. The van der Waals surface area contributed by atoms with E-state index in [1.165, 1.54) is 0 Å². The van der Waals surface area contributed by atoms with Gasteiger partial charge in [-0.15, -0.1) is 0 Å². The van der Waals surface area contributed by atoms with E-state index in [0.29, 0.717) is 13.0 Å². The summed E-state index contributed by atoms with van der Waals surface area (Å²) in [6.07, 6.45) is 1.23. The molecule has 0 aromatic carbocycles. The van der Waals surface area contributed by atoms with E-state index in [9.17, 15) is 9.90 Å². The van der Waals surface area contributed by atoms with Crippen molar-refractivity contribution in [3.8, 4) is 0 Å². The Morgan fingerprint density at radius 2 is 2.07 bits per heavy atom. The molecule has 1 aliphatic carbocycles. The molecule has 1 aliphatic rings. The van der Waals surface area contributed by atoms with Crippen molar-refractivity contribution < 1.29 is 14.6 Å². The highest BCUT2D eigenvalue weighted by Crippen LogP contribution is 2.54. The summed E-state index contributed by atoms with van der Waals surface area (Å²) in [6, 6.07) is 0. The van der Waals surface area contributed by atoms with Crippen LogP contribution in [-0.2, 0) is 9.53 Å². The molecule has 0 unspecified atom stereocenters. The van der Waals surface area contributed by atoms with Gasteiger partial charge in [0.1, 0.15) is 0 Å². The molecule has 0 saturated heterocycles. The highest BCUT2D eigenvalue weighted by molar-refractivity contribution is 5.70. The Kier molecular flexibility index (Phi) is 2.91. The van der Waals surface area contributed by atoms with Crippen LogP contribution in [0.25, 0.3) is 0 Å². The van der Waals surface area contributed by atoms with Gasteiger partial charge in [-0.3, -0.25) is 4.79 Å². The van der Waals surface area contributed by atoms with Crippen molar-refractivity contribution in [2.75, 3.05) is 6.61 Å². The fraction of sp³-hybridized carbons (Fsp3) is 0.909. The maximum Gasteiger partial charge on any atom is 0.306 e. The van der Waals surface area contributed by atoms with Crippen LogP contribution in [0.4, 0.5) is 0 Å². The summed E-state index contributed by atoms with van der Waals surface area (Å²) in [7, 11) is 0. The molecule has 14 heavy (non-hydrogen) atoms. The summed E-state index contributed by atoms with van der Waals surface area (Å²) >= 11 is 0. The third-order valence-corrected chi connectivity index (χ3v) is 3.64. The fourth-order valence-electron chi connectivity index (χ4n) is 2.13. The van der Waals surface area contributed by atoms with Crippen LogP contribution < -0.4 is 0 Å². The second kappa shape index (κ2) is 3.54. The molecule has 2 atom stereocenters. The molecule has 1 rings (SSSR count). The van der Waals surface area contributed by atoms with Crippen LogP contribution in [0.15, 0.2) is 0 Å². The van der Waals surface area contributed by atoms with Crippen LogP contribution in [0.1, 0.15) is 40.5 Å². The standard InChI is InChI=1S/C11H20O3/c1-5-14-9(12)6-8-7-10(2,3)11(8,4)13/h8,13H,5-7H2,1-4H3/t8-,11-/m0/s1. The number of carbonyl (C=O) groups excluding carboxylic acids is 1. The Morgan fingerprint density at radius 3 is 2.43 bits per heavy atom. The number of esters is 1. The van der Waals surface area contributed by atoms with E-state index in [1.807, 2.05) is 13.8 Å². The van der Waals surface area contributed by atoms with Crippen LogP contribution in [0.3, 0.4) is 0 Å². The van der Waals surface area contributed by atoms with Gasteiger partial charge in [-0.1, -0.05) is 13.8 Å². The SMILES string of the molecule is CCOC(=O)C[C@H]1CC(C)(C)[C@@]1(C)O. The van der Waals surface area contributed by atoms with Gasteiger partial charge in [0, 0.05) is 0 Å². The van der Waals surface area contributed by atoms with E-state index in [4.69, 9.17) is 4.74 Å². The molecule has 0 amide bonds. The van der Waals surface area contributed by atoms with Gasteiger partial charge >= 0.3 is 5.97 Å². The van der Waals surface area contributed by atoms with Crippen molar-refractivity contribution in [1.29, 1.82) is 0 Å². The van der Waals surface area contributed by atoms with Crippen molar-refractivity contribution in [3.05, 3.63) is 0 Å². The second-order valence-electron chi connectivity index (χ2n) is 4.94. The minimum atomic E-state index is -0.736. The predicted octanol–water partition coefficient (Wildman–Crippen LogP) is 1.74. The van der Waals surface area contributed by atoms with Crippen molar-refractivity contribution in [3.63, 3.8) is 0 Å². The van der Waals surface area contributed by atoms with E-state index in [-0.39, 0.29) is 17.3 Å². The van der Waals surface area contributed by atoms with Crippen LogP contribution >= 0.6 is 0 Å². The Labute approximate surface area is 85.5 Å². The molecular formula is C11H20O3. The molecule has 82 valence electrons.